The highest BCUT2D eigenvalue weighted by atomic mass is 32.2. The number of hydrogen-bond acceptors (Lipinski definition) is 5. The molecule has 0 radical (unpaired) electrons. The summed E-state index contributed by atoms with van der Waals surface area (Å²) < 4.78 is 27.0. The van der Waals surface area contributed by atoms with Gasteiger partial charge in [-0.3, -0.25) is 4.79 Å². The Morgan fingerprint density at radius 2 is 1.48 bits per heavy atom. The van der Waals surface area contributed by atoms with E-state index in [9.17, 15) is 13.2 Å². The third-order valence-corrected chi connectivity index (χ3v) is 7.10. The Morgan fingerprint density at radius 1 is 0.903 bits per heavy atom. The number of rotatable bonds is 7. The van der Waals surface area contributed by atoms with Gasteiger partial charge in [0.2, 0.25) is 10.0 Å². The number of nitrogens with one attached hydrogen (secondary N) is 2. The summed E-state index contributed by atoms with van der Waals surface area (Å²) in [6.07, 6.45) is 0. The number of likely N-dealkylation sites (N-methyl/N-ethyl adjacent to an activating group) is 1. The van der Waals surface area contributed by atoms with Crippen molar-refractivity contribution in [3.63, 3.8) is 0 Å². The standard InChI is InChI=1S/C23H32N4O3S/c1-17(2)25-31(29,30)22-11-7-20(8-12-22)23(28)24-18(3)19-5-9-21(10-6-19)27-15-13-26(4)14-16-27/h5-12,17-18,25H,13-16H2,1-4H3,(H,24,28)/t18-/m1/s1. The molecule has 1 fully saturated rings. The van der Waals surface area contributed by atoms with Crippen molar-refractivity contribution in [2.24, 2.45) is 0 Å². The first-order chi connectivity index (χ1) is 14.7. The number of carbonyl (C=O) groups excluding carboxylic acids is 1. The summed E-state index contributed by atoms with van der Waals surface area (Å²) in [6.45, 7) is 9.61. The Bertz CT molecular complexity index is 980. The highest BCUT2D eigenvalue weighted by molar-refractivity contribution is 7.89. The van der Waals surface area contributed by atoms with E-state index in [1.165, 1.54) is 30.0 Å². The summed E-state index contributed by atoms with van der Waals surface area (Å²) in [5.74, 6) is -0.239. The van der Waals surface area contributed by atoms with Crippen LogP contribution >= 0.6 is 0 Å². The van der Waals surface area contributed by atoms with Gasteiger partial charge in [-0.1, -0.05) is 12.1 Å². The van der Waals surface area contributed by atoms with Crippen molar-refractivity contribution >= 4 is 21.6 Å². The van der Waals surface area contributed by atoms with Gasteiger partial charge in [0, 0.05) is 43.5 Å². The first-order valence-electron chi connectivity index (χ1n) is 10.6. The minimum absolute atomic E-state index is 0.144. The van der Waals surface area contributed by atoms with Gasteiger partial charge in [-0.15, -0.1) is 0 Å². The van der Waals surface area contributed by atoms with Crippen LogP contribution in [0.2, 0.25) is 0 Å². The predicted octanol–water partition coefficient (Wildman–Crippen LogP) is 2.62. The lowest BCUT2D eigenvalue weighted by atomic mass is 10.1. The molecule has 1 amide bonds. The van der Waals surface area contributed by atoms with Crippen molar-refractivity contribution < 1.29 is 13.2 Å². The van der Waals surface area contributed by atoms with Gasteiger partial charge in [-0.2, -0.15) is 0 Å². The topological polar surface area (TPSA) is 81.7 Å². The molecule has 1 aliphatic rings. The second-order valence-corrected chi connectivity index (χ2v) is 10.1. The lowest BCUT2D eigenvalue weighted by Gasteiger charge is -2.34. The zero-order valence-electron chi connectivity index (χ0n) is 18.6. The zero-order chi connectivity index (χ0) is 22.6. The number of carbonyl (C=O) groups is 1. The summed E-state index contributed by atoms with van der Waals surface area (Å²) >= 11 is 0. The Kier molecular flexibility index (Phi) is 7.35. The second-order valence-electron chi connectivity index (χ2n) is 8.38. The van der Waals surface area contributed by atoms with Crippen molar-refractivity contribution in [3.8, 4) is 0 Å². The highest BCUT2D eigenvalue weighted by Crippen LogP contribution is 2.21. The van der Waals surface area contributed by atoms with Crippen LogP contribution in [0, 0.1) is 0 Å². The van der Waals surface area contributed by atoms with E-state index in [1.54, 1.807) is 13.8 Å². The van der Waals surface area contributed by atoms with E-state index in [-0.39, 0.29) is 22.9 Å². The molecule has 3 rings (SSSR count). The molecule has 168 valence electrons. The average Bonchev–Trinajstić information content (AvgIpc) is 2.73. The molecule has 0 saturated carbocycles. The van der Waals surface area contributed by atoms with E-state index in [2.05, 4.69) is 39.0 Å². The molecule has 2 aromatic carbocycles. The van der Waals surface area contributed by atoms with Gasteiger partial charge in [-0.05, 0) is 69.8 Å². The summed E-state index contributed by atoms with van der Waals surface area (Å²) in [7, 11) is -1.43. The summed E-state index contributed by atoms with van der Waals surface area (Å²) in [6, 6.07) is 13.9. The largest absolute Gasteiger partial charge is 0.369 e. The van der Waals surface area contributed by atoms with E-state index in [4.69, 9.17) is 0 Å². The number of benzene rings is 2. The van der Waals surface area contributed by atoms with Gasteiger partial charge in [-0.25, -0.2) is 13.1 Å². The van der Waals surface area contributed by atoms with Crippen LogP contribution in [0.25, 0.3) is 0 Å². The fourth-order valence-electron chi connectivity index (χ4n) is 3.57. The number of anilines is 1. The molecule has 2 aromatic rings. The second kappa shape index (κ2) is 9.80. The van der Waals surface area contributed by atoms with Crippen LogP contribution < -0.4 is 14.9 Å². The number of amides is 1. The van der Waals surface area contributed by atoms with Gasteiger partial charge < -0.3 is 15.1 Å². The monoisotopic (exact) mass is 444 g/mol. The third-order valence-electron chi connectivity index (χ3n) is 5.43. The molecule has 0 unspecified atom stereocenters. The van der Waals surface area contributed by atoms with Crippen LogP contribution in [0.3, 0.4) is 0 Å². The predicted molar refractivity (Wildman–Crippen MR) is 124 cm³/mol. The van der Waals surface area contributed by atoms with Gasteiger partial charge in [0.05, 0.1) is 10.9 Å². The van der Waals surface area contributed by atoms with E-state index < -0.39 is 10.0 Å². The molecule has 8 heteroatoms. The summed E-state index contributed by atoms with van der Waals surface area (Å²) in [5.41, 5.74) is 2.64. The Labute approximate surface area is 185 Å². The Balaban J connectivity index is 1.61. The van der Waals surface area contributed by atoms with E-state index in [1.807, 2.05) is 19.1 Å². The van der Waals surface area contributed by atoms with Crippen molar-refractivity contribution in [2.45, 2.75) is 37.8 Å². The third kappa shape index (κ3) is 6.06. The van der Waals surface area contributed by atoms with Crippen LogP contribution in [0.15, 0.2) is 53.4 Å². The SMILES string of the molecule is CC(C)NS(=O)(=O)c1ccc(C(=O)N[C@H](C)c2ccc(N3CCN(C)CC3)cc2)cc1. The molecule has 0 spiro atoms. The molecule has 1 aliphatic heterocycles. The number of sulfonamides is 1. The lowest BCUT2D eigenvalue weighted by Crippen LogP contribution is -2.44. The maximum Gasteiger partial charge on any atom is 0.251 e. The molecule has 1 atom stereocenters. The molecular formula is C23H32N4O3S. The fourth-order valence-corrected chi connectivity index (χ4v) is 4.82. The van der Waals surface area contributed by atoms with E-state index in [0.717, 1.165) is 31.7 Å². The van der Waals surface area contributed by atoms with Crippen LogP contribution in [0.1, 0.15) is 42.7 Å². The smallest absolute Gasteiger partial charge is 0.251 e. The van der Waals surface area contributed by atoms with Gasteiger partial charge in [0.1, 0.15) is 0 Å². The fraction of sp³-hybridized carbons (Fsp3) is 0.435. The summed E-state index contributed by atoms with van der Waals surface area (Å²) in [4.78, 5) is 17.5. The maximum absolute atomic E-state index is 12.6. The Hall–Kier alpha value is -2.42. The van der Waals surface area contributed by atoms with Crippen molar-refractivity contribution in [2.75, 3.05) is 38.1 Å². The summed E-state index contributed by atoms with van der Waals surface area (Å²) in [5, 5.41) is 2.98. The molecule has 1 saturated heterocycles. The normalized spacial score (nSPS) is 16.4. The van der Waals surface area contributed by atoms with Gasteiger partial charge in [0.25, 0.3) is 5.91 Å². The quantitative estimate of drug-likeness (QED) is 0.686. The van der Waals surface area contributed by atoms with Crippen LogP contribution in [-0.4, -0.2) is 58.5 Å². The number of piperazine rings is 1. The highest BCUT2D eigenvalue weighted by Gasteiger charge is 2.18. The molecule has 0 bridgehead atoms. The van der Waals surface area contributed by atoms with Crippen LogP contribution in [-0.2, 0) is 10.0 Å². The Morgan fingerprint density at radius 3 is 2.03 bits per heavy atom. The minimum Gasteiger partial charge on any atom is -0.369 e. The first kappa shape index (κ1) is 23.2. The number of hydrogen-bond donors (Lipinski definition) is 2. The molecule has 2 N–H and O–H groups in total. The maximum atomic E-state index is 12.6. The van der Waals surface area contributed by atoms with Crippen LogP contribution in [0.5, 0.6) is 0 Å². The molecule has 0 aromatic heterocycles. The molecule has 7 nitrogen and oxygen atoms in total. The molecule has 31 heavy (non-hydrogen) atoms. The molecule has 0 aliphatic carbocycles. The van der Waals surface area contributed by atoms with E-state index in [0.29, 0.717) is 5.56 Å². The zero-order valence-corrected chi connectivity index (χ0v) is 19.4. The van der Waals surface area contributed by atoms with Crippen LogP contribution in [0.4, 0.5) is 5.69 Å². The average molecular weight is 445 g/mol. The van der Waals surface area contributed by atoms with E-state index >= 15 is 0 Å². The molecule has 1 heterocycles. The minimum atomic E-state index is -3.57. The number of nitrogens with zero attached hydrogens (tertiary/aromatic N) is 2. The van der Waals surface area contributed by atoms with Crippen molar-refractivity contribution in [1.82, 2.24) is 14.9 Å². The first-order valence-corrected chi connectivity index (χ1v) is 12.1. The van der Waals surface area contributed by atoms with Crippen molar-refractivity contribution in [1.29, 1.82) is 0 Å². The van der Waals surface area contributed by atoms with Gasteiger partial charge in [0.15, 0.2) is 0 Å². The van der Waals surface area contributed by atoms with Gasteiger partial charge >= 0.3 is 0 Å². The lowest BCUT2D eigenvalue weighted by molar-refractivity contribution is 0.0940. The molecular weight excluding hydrogens is 412 g/mol. The van der Waals surface area contributed by atoms with Crippen molar-refractivity contribution in [3.05, 3.63) is 59.7 Å².